The van der Waals surface area contributed by atoms with Gasteiger partial charge in [0.15, 0.2) is 0 Å². The number of aryl methyl sites for hydroxylation is 1. The number of nitrogens with one attached hydrogen (secondary N) is 2. The lowest BCUT2D eigenvalue weighted by Gasteiger charge is -2.22. The van der Waals surface area contributed by atoms with Crippen LogP contribution in [0.4, 0.5) is 10.2 Å². The number of fused-ring (bicyclic) bond motifs is 1. The second kappa shape index (κ2) is 10.3. The van der Waals surface area contributed by atoms with Gasteiger partial charge in [-0.2, -0.15) is 0 Å². The van der Waals surface area contributed by atoms with Gasteiger partial charge in [-0.25, -0.2) is 9.37 Å². The molecule has 4 nitrogen and oxygen atoms in total. The van der Waals surface area contributed by atoms with Crippen molar-refractivity contribution in [2.45, 2.75) is 71.1 Å². The Morgan fingerprint density at radius 1 is 1.31 bits per heavy atom. The number of halogens is 2. The van der Waals surface area contributed by atoms with Crippen LogP contribution in [0.2, 0.25) is 0 Å². The molecule has 0 amide bonds. The highest BCUT2D eigenvalue weighted by molar-refractivity contribution is 5.85. The summed E-state index contributed by atoms with van der Waals surface area (Å²) in [7, 11) is 0. The number of alkyl halides is 1. The number of anilines is 1. The van der Waals surface area contributed by atoms with Crippen LogP contribution in [-0.2, 0) is 12.8 Å². The smallest absolute Gasteiger partial charge is 0.133 e. The van der Waals surface area contributed by atoms with E-state index in [1.807, 2.05) is 0 Å². The molecule has 1 aromatic heterocycles. The minimum atomic E-state index is -0.659. The zero-order chi connectivity index (χ0) is 17.6. The molecule has 2 N–H and O–H groups in total. The maximum absolute atomic E-state index is 14.2. The van der Waals surface area contributed by atoms with Crippen molar-refractivity contribution in [1.82, 2.24) is 10.3 Å². The number of aromatic nitrogens is 1. The van der Waals surface area contributed by atoms with Crippen LogP contribution in [0.3, 0.4) is 0 Å². The summed E-state index contributed by atoms with van der Waals surface area (Å²) in [6, 6.07) is 2.10. The molecule has 1 fully saturated rings. The van der Waals surface area contributed by atoms with E-state index in [4.69, 9.17) is 9.72 Å². The zero-order valence-electron chi connectivity index (χ0n) is 16.0. The van der Waals surface area contributed by atoms with E-state index < -0.39 is 6.17 Å². The van der Waals surface area contributed by atoms with E-state index in [0.717, 1.165) is 75.4 Å². The summed E-state index contributed by atoms with van der Waals surface area (Å²) in [5.74, 6) is 2.18. The van der Waals surface area contributed by atoms with Crippen LogP contribution in [0, 0.1) is 5.92 Å². The molecule has 1 aromatic rings. The fourth-order valence-corrected chi connectivity index (χ4v) is 3.81. The van der Waals surface area contributed by atoms with Crippen molar-refractivity contribution in [3.05, 3.63) is 17.3 Å². The zero-order valence-corrected chi connectivity index (χ0v) is 16.8. The Balaban J connectivity index is 0.00000243. The minimum absolute atomic E-state index is 0. The molecule has 1 saturated heterocycles. The van der Waals surface area contributed by atoms with Gasteiger partial charge in [-0.15, -0.1) is 12.4 Å². The number of rotatable bonds is 8. The van der Waals surface area contributed by atoms with Gasteiger partial charge < -0.3 is 15.4 Å². The fraction of sp³-hybridized carbons (Fsp3) is 0.750. The summed E-state index contributed by atoms with van der Waals surface area (Å²) >= 11 is 0. The highest BCUT2D eigenvalue weighted by atomic mass is 35.5. The van der Waals surface area contributed by atoms with Gasteiger partial charge >= 0.3 is 0 Å². The van der Waals surface area contributed by atoms with Crippen molar-refractivity contribution in [2.75, 3.05) is 25.0 Å². The van der Waals surface area contributed by atoms with Crippen LogP contribution in [0.1, 0.15) is 57.2 Å². The molecule has 148 valence electrons. The summed E-state index contributed by atoms with van der Waals surface area (Å²) in [6.07, 6.45) is 6.09. The van der Waals surface area contributed by atoms with Crippen LogP contribution in [0.15, 0.2) is 6.07 Å². The van der Waals surface area contributed by atoms with Crippen molar-refractivity contribution in [3.8, 4) is 5.75 Å². The Morgan fingerprint density at radius 2 is 2.15 bits per heavy atom. The third-order valence-corrected chi connectivity index (χ3v) is 5.17. The number of ether oxygens (including phenoxy) is 1. The Kier molecular flexibility index (Phi) is 8.42. The SMILES string of the molecule is CC(C)Oc1cc(CCCCC(F)C2CCNC2)nc2c1CCCN2.Cl. The lowest BCUT2D eigenvalue weighted by Crippen LogP contribution is -2.19. The molecule has 2 aliphatic rings. The van der Waals surface area contributed by atoms with E-state index in [1.54, 1.807) is 0 Å². The highest BCUT2D eigenvalue weighted by Crippen LogP contribution is 2.31. The first kappa shape index (κ1) is 21.2. The second-order valence-corrected chi connectivity index (χ2v) is 7.65. The first-order valence-corrected chi connectivity index (χ1v) is 9.91. The van der Waals surface area contributed by atoms with Crippen LogP contribution in [0.5, 0.6) is 5.75 Å². The molecule has 26 heavy (non-hydrogen) atoms. The predicted octanol–water partition coefficient (Wildman–Crippen LogP) is 4.31. The van der Waals surface area contributed by atoms with E-state index in [9.17, 15) is 4.39 Å². The summed E-state index contributed by atoms with van der Waals surface area (Å²) in [5.41, 5.74) is 2.27. The summed E-state index contributed by atoms with van der Waals surface area (Å²) in [5, 5.41) is 6.65. The summed E-state index contributed by atoms with van der Waals surface area (Å²) < 4.78 is 20.2. The minimum Gasteiger partial charge on any atom is -0.491 e. The Hall–Kier alpha value is -1.07. The highest BCUT2D eigenvalue weighted by Gasteiger charge is 2.24. The topological polar surface area (TPSA) is 46.2 Å². The van der Waals surface area contributed by atoms with Gasteiger partial charge in [0, 0.05) is 36.3 Å². The molecule has 2 unspecified atom stereocenters. The predicted molar refractivity (Wildman–Crippen MR) is 107 cm³/mol. The van der Waals surface area contributed by atoms with Crippen molar-refractivity contribution < 1.29 is 9.13 Å². The molecular formula is C20H33ClFN3O. The molecule has 0 radical (unpaired) electrons. The first-order valence-electron chi connectivity index (χ1n) is 9.91. The largest absolute Gasteiger partial charge is 0.491 e. The molecule has 0 saturated carbocycles. The quantitative estimate of drug-likeness (QED) is 0.654. The van der Waals surface area contributed by atoms with Gasteiger partial charge in [0.2, 0.25) is 0 Å². The number of unbranched alkanes of at least 4 members (excludes halogenated alkanes) is 1. The molecule has 3 heterocycles. The molecule has 3 rings (SSSR count). The van der Waals surface area contributed by atoms with E-state index in [-0.39, 0.29) is 24.4 Å². The third-order valence-electron chi connectivity index (χ3n) is 5.17. The Labute approximate surface area is 163 Å². The second-order valence-electron chi connectivity index (χ2n) is 7.65. The van der Waals surface area contributed by atoms with Gasteiger partial charge in [0.25, 0.3) is 0 Å². The molecule has 0 bridgehead atoms. The van der Waals surface area contributed by atoms with Crippen LogP contribution in [-0.4, -0.2) is 36.9 Å². The number of hydrogen-bond acceptors (Lipinski definition) is 4. The first-order chi connectivity index (χ1) is 12.1. The standard InChI is InChI=1S/C20H32FN3O.ClH/c1-14(2)25-19-12-16(24-20-17(19)7-5-10-23-20)6-3-4-8-18(21)15-9-11-22-13-15;/h12,14-15,18,22H,3-11,13H2,1-2H3,(H,23,24);1H. The van der Waals surface area contributed by atoms with E-state index in [0.29, 0.717) is 6.42 Å². The van der Waals surface area contributed by atoms with Crippen LogP contribution >= 0.6 is 12.4 Å². The summed E-state index contributed by atoms with van der Waals surface area (Å²) in [6.45, 7) is 6.90. The van der Waals surface area contributed by atoms with Crippen molar-refractivity contribution in [3.63, 3.8) is 0 Å². The molecule has 2 aliphatic heterocycles. The van der Waals surface area contributed by atoms with Gasteiger partial charge in [0.1, 0.15) is 17.7 Å². The van der Waals surface area contributed by atoms with E-state index >= 15 is 0 Å². The van der Waals surface area contributed by atoms with Gasteiger partial charge in [-0.1, -0.05) is 6.42 Å². The number of nitrogens with zero attached hydrogens (tertiary/aromatic N) is 1. The van der Waals surface area contributed by atoms with Crippen molar-refractivity contribution in [2.24, 2.45) is 5.92 Å². The summed E-state index contributed by atoms with van der Waals surface area (Å²) in [4.78, 5) is 4.78. The van der Waals surface area contributed by atoms with Gasteiger partial charge in [0.05, 0.1) is 6.10 Å². The molecule has 6 heteroatoms. The Bertz CT molecular complexity index is 564. The monoisotopic (exact) mass is 385 g/mol. The van der Waals surface area contributed by atoms with Gasteiger partial charge in [-0.3, -0.25) is 0 Å². The fourth-order valence-electron chi connectivity index (χ4n) is 3.81. The normalized spacial score (nSPS) is 20.2. The van der Waals surface area contributed by atoms with Gasteiger partial charge in [-0.05, 0) is 58.9 Å². The molecule has 2 atom stereocenters. The third kappa shape index (κ3) is 5.71. The van der Waals surface area contributed by atoms with E-state index in [2.05, 4.69) is 30.5 Å². The average molecular weight is 386 g/mol. The van der Waals surface area contributed by atoms with Crippen molar-refractivity contribution >= 4 is 18.2 Å². The molecule has 0 aliphatic carbocycles. The average Bonchev–Trinajstić information content (AvgIpc) is 3.13. The van der Waals surface area contributed by atoms with Crippen LogP contribution in [0.25, 0.3) is 0 Å². The van der Waals surface area contributed by atoms with E-state index in [1.165, 1.54) is 5.56 Å². The number of hydrogen-bond donors (Lipinski definition) is 2. The van der Waals surface area contributed by atoms with Crippen molar-refractivity contribution in [1.29, 1.82) is 0 Å². The molecule has 0 aromatic carbocycles. The Morgan fingerprint density at radius 3 is 2.88 bits per heavy atom. The number of pyridine rings is 1. The maximum Gasteiger partial charge on any atom is 0.133 e. The lowest BCUT2D eigenvalue weighted by molar-refractivity contribution is 0.221. The lowest BCUT2D eigenvalue weighted by atomic mass is 9.97. The molecular weight excluding hydrogens is 353 g/mol. The molecule has 0 spiro atoms. The maximum atomic E-state index is 14.2. The van der Waals surface area contributed by atoms with Crippen LogP contribution < -0.4 is 15.4 Å².